The van der Waals surface area contributed by atoms with Crippen LogP contribution in [0.5, 0.6) is 0 Å². The van der Waals surface area contributed by atoms with Gasteiger partial charge < -0.3 is 18.9 Å². The molecule has 7 nitrogen and oxygen atoms in total. The molecule has 0 bridgehead atoms. The van der Waals surface area contributed by atoms with Crippen molar-refractivity contribution in [1.29, 1.82) is 0 Å². The van der Waals surface area contributed by atoms with Crippen LogP contribution in [0.15, 0.2) is 4.52 Å². The van der Waals surface area contributed by atoms with Gasteiger partial charge in [-0.15, -0.1) is 0 Å². The Balaban J connectivity index is 1.19. The van der Waals surface area contributed by atoms with Crippen LogP contribution < -0.4 is 0 Å². The molecule has 1 aromatic heterocycles. The topological polar surface area (TPSA) is 77.7 Å². The number of carbonyl (C=O) groups is 1. The lowest BCUT2D eigenvalue weighted by molar-refractivity contribution is -0.135. The Hall–Kier alpha value is -1.47. The Morgan fingerprint density at radius 3 is 2.85 bits per heavy atom. The van der Waals surface area contributed by atoms with Gasteiger partial charge in [0.1, 0.15) is 0 Å². The van der Waals surface area contributed by atoms with Crippen LogP contribution in [-0.4, -0.2) is 60.0 Å². The van der Waals surface area contributed by atoms with Gasteiger partial charge in [0.25, 0.3) is 0 Å². The molecular formula is C19H29N3O4. The van der Waals surface area contributed by atoms with Gasteiger partial charge in [0.05, 0.1) is 12.7 Å². The molecule has 2 saturated heterocycles. The van der Waals surface area contributed by atoms with Crippen molar-refractivity contribution < 1.29 is 18.8 Å². The van der Waals surface area contributed by atoms with Gasteiger partial charge in [-0.1, -0.05) is 5.16 Å². The SMILES string of the molecule is O=C(CC1CC1)N1CCCC(OCCc2noc(C3CCOCC3)n2)C1. The summed E-state index contributed by atoms with van der Waals surface area (Å²) in [5.74, 6) is 2.73. The van der Waals surface area contributed by atoms with Crippen molar-refractivity contribution in [2.75, 3.05) is 32.9 Å². The zero-order chi connectivity index (χ0) is 17.8. The fourth-order valence-corrected chi connectivity index (χ4v) is 3.80. The van der Waals surface area contributed by atoms with E-state index in [1.807, 2.05) is 4.90 Å². The minimum absolute atomic E-state index is 0.133. The molecule has 0 spiro atoms. The van der Waals surface area contributed by atoms with E-state index in [4.69, 9.17) is 14.0 Å². The summed E-state index contributed by atoms with van der Waals surface area (Å²) in [5, 5.41) is 4.09. The maximum absolute atomic E-state index is 12.3. The summed E-state index contributed by atoms with van der Waals surface area (Å²) in [7, 11) is 0. The molecule has 1 saturated carbocycles. The minimum Gasteiger partial charge on any atom is -0.381 e. The number of ether oxygens (including phenoxy) is 2. The summed E-state index contributed by atoms with van der Waals surface area (Å²) in [6, 6.07) is 0. The molecule has 0 aromatic carbocycles. The first-order valence-electron chi connectivity index (χ1n) is 10.1. The second kappa shape index (κ2) is 8.48. The van der Waals surface area contributed by atoms with Crippen LogP contribution >= 0.6 is 0 Å². The average Bonchev–Trinajstić information content (AvgIpc) is 3.37. The second-order valence-corrected chi connectivity index (χ2v) is 7.81. The third-order valence-electron chi connectivity index (χ3n) is 5.62. The number of carbonyl (C=O) groups excluding carboxylic acids is 1. The molecule has 144 valence electrons. The maximum Gasteiger partial charge on any atom is 0.229 e. The summed E-state index contributed by atoms with van der Waals surface area (Å²) in [6.07, 6.45) is 7.90. The normalized spacial score (nSPS) is 24.8. The molecular weight excluding hydrogens is 334 g/mol. The standard InChI is InChI=1S/C19H29N3O4/c23-18(12-14-3-4-14)22-8-1-2-16(13-22)25-11-7-17-20-19(26-21-17)15-5-9-24-10-6-15/h14-16H,1-13H2. The predicted octanol–water partition coefficient (Wildman–Crippen LogP) is 2.31. The summed E-state index contributed by atoms with van der Waals surface area (Å²) < 4.78 is 16.8. The third kappa shape index (κ3) is 4.82. The molecule has 1 aliphatic carbocycles. The van der Waals surface area contributed by atoms with Crippen LogP contribution in [0, 0.1) is 5.92 Å². The van der Waals surface area contributed by atoms with E-state index in [1.54, 1.807) is 0 Å². The molecule has 3 aliphatic rings. The van der Waals surface area contributed by atoms with E-state index in [1.165, 1.54) is 12.8 Å². The number of hydrogen-bond acceptors (Lipinski definition) is 6. The summed E-state index contributed by atoms with van der Waals surface area (Å²) in [5.41, 5.74) is 0. The van der Waals surface area contributed by atoms with Gasteiger partial charge in [0, 0.05) is 45.1 Å². The molecule has 3 heterocycles. The van der Waals surface area contributed by atoms with Gasteiger partial charge in [-0.3, -0.25) is 4.79 Å². The van der Waals surface area contributed by atoms with Crippen LogP contribution in [0.2, 0.25) is 0 Å². The van der Waals surface area contributed by atoms with Gasteiger partial charge in [0.2, 0.25) is 11.8 Å². The second-order valence-electron chi connectivity index (χ2n) is 7.81. The lowest BCUT2D eigenvalue weighted by Crippen LogP contribution is -2.43. The van der Waals surface area contributed by atoms with Crippen LogP contribution in [0.25, 0.3) is 0 Å². The quantitative estimate of drug-likeness (QED) is 0.740. The summed E-state index contributed by atoms with van der Waals surface area (Å²) >= 11 is 0. The number of amides is 1. The Labute approximate surface area is 154 Å². The van der Waals surface area contributed by atoms with E-state index >= 15 is 0 Å². The number of likely N-dealkylation sites (tertiary alicyclic amines) is 1. The van der Waals surface area contributed by atoms with Crippen LogP contribution in [0.3, 0.4) is 0 Å². The van der Waals surface area contributed by atoms with E-state index < -0.39 is 0 Å². The smallest absolute Gasteiger partial charge is 0.229 e. The fourth-order valence-electron chi connectivity index (χ4n) is 3.80. The van der Waals surface area contributed by atoms with Crippen molar-refractivity contribution in [3.05, 3.63) is 11.7 Å². The maximum atomic E-state index is 12.3. The van der Waals surface area contributed by atoms with Gasteiger partial charge >= 0.3 is 0 Å². The molecule has 1 unspecified atom stereocenters. The molecule has 1 atom stereocenters. The number of hydrogen-bond donors (Lipinski definition) is 0. The Bertz CT molecular complexity index is 595. The lowest BCUT2D eigenvalue weighted by Gasteiger charge is -2.32. The van der Waals surface area contributed by atoms with Crippen molar-refractivity contribution in [2.24, 2.45) is 5.92 Å². The largest absolute Gasteiger partial charge is 0.381 e. The molecule has 0 radical (unpaired) electrons. The van der Waals surface area contributed by atoms with E-state index in [2.05, 4.69) is 10.1 Å². The molecule has 3 fully saturated rings. The highest BCUT2D eigenvalue weighted by molar-refractivity contribution is 5.76. The number of aromatic nitrogens is 2. The van der Waals surface area contributed by atoms with E-state index in [0.29, 0.717) is 36.6 Å². The van der Waals surface area contributed by atoms with Crippen LogP contribution in [-0.2, 0) is 20.7 Å². The van der Waals surface area contributed by atoms with Gasteiger partial charge in [0.15, 0.2) is 5.82 Å². The molecule has 7 heteroatoms. The number of piperidine rings is 1. The first kappa shape index (κ1) is 17.9. The van der Waals surface area contributed by atoms with Crippen molar-refractivity contribution in [1.82, 2.24) is 15.0 Å². The Kier molecular flexibility index (Phi) is 5.84. The lowest BCUT2D eigenvalue weighted by atomic mass is 10.0. The van der Waals surface area contributed by atoms with Crippen molar-refractivity contribution >= 4 is 5.91 Å². The van der Waals surface area contributed by atoms with Gasteiger partial charge in [-0.25, -0.2) is 0 Å². The molecule has 4 rings (SSSR count). The Morgan fingerprint density at radius 1 is 1.19 bits per heavy atom. The fraction of sp³-hybridized carbons (Fsp3) is 0.842. The highest BCUT2D eigenvalue weighted by Crippen LogP contribution is 2.33. The van der Waals surface area contributed by atoms with Crippen LogP contribution in [0.4, 0.5) is 0 Å². The van der Waals surface area contributed by atoms with E-state index in [9.17, 15) is 4.79 Å². The highest BCUT2D eigenvalue weighted by atomic mass is 16.5. The van der Waals surface area contributed by atoms with Gasteiger partial charge in [-0.05, 0) is 44.4 Å². The molecule has 2 aliphatic heterocycles. The monoisotopic (exact) mass is 363 g/mol. The van der Waals surface area contributed by atoms with E-state index in [0.717, 1.165) is 64.3 Å². The number of rotatable bonds is 7. The summed E-state index contributed by atoms with van der Waals surface area (Å²) in [6.45, 7) is 3.71. The summed E-state index contributed by atoms with van der Waals surface area (Å²) in [4.78, 5) is 18.8. The average molecular weight is 363 g/mol. The highest BCUT2D eigenvalue weighted by Gasteiger charge is 2.30. The molecule has 0 N–H and O–H groups in total. The molecule has 1 aromatic rings. The van der Waals surface area contributed by atoms with Crippen LogP contribution in [0.1, 0.15) is 62.6 Å². The molecule has 1 amide bonds. The first-order valence-corrected chi connectivity index (χ1v) is 10.1. The van der Waals surface area contributed by atoms with Gasteiger partial charge in [-0.2, -0.15) is 4.98 Å². The number of nitrogens with zero attached hydrogens (tertiary/aromatic N) is 3. The third-order valence-corrected chi connectivity index (χ3v) is 5.62. The van der Waals surface area contributed by atoms with Crippen molar-refractivity contribution in [3.8, 4) is 0 Å². The first-order chi connectivity index (χ1) is 12.8. The zero-order valence-electron chi connectivity index (χ0n) is 15.4. The molecule has 26 heavy (non-hydrogen) atoms. The zero-order valence-corrected chi connectivity index (χ0v) is 15.4. The van der Waals surface area contributed by atoms with Crippen molar-refractivity contribution in [2.45, 2.75) is 63.4 Å². The minimum atomic E-state index is 0.133. The van der Waals surface area contributed by atoms with E-state index in [-0.39, 0.29) is 6.10 Å². The van der Waals surface area contributed by atoms with Crippen molar-refractivity contribution in [3.63, 3.8) is 0 Å². The predicted molar refractivity (Wildman–Crippen MR) is 93.7 cm³/mol. The Morgan fingerprint density at radius 2 is 2.04 bits per heavy atom.